The van der Waals surface area contributed by atoms with Crippen molar-refractivity contribution in [3.8, 4) is 0 Å². The predicted octanol–water partition coefficient (Wildman–Crippen LogP) is 2.96. The van der Waals surface area contributed by atoms with Crippen LogP contribution in [-0.4, -0.2) is 15.0 Å². The molecule has 0 bridgehead atoms. The monoisotopic (exact) mass is 330 g/mol. The molecule has 20 heavy (non-hydrogen) atoms. The minimum atomic E-state index is -3.45. The molecule has 0 radical (unpaired) electrons. The van der Waals surface area contributed by atoms with E-state index in [1.54, 1.807) is 22.8 Å². The topological polar surface area (TPSA) is 58.2 Å². The summed E-state index contributed by atoms with van der Waals surface area (Å²) in [6.07, 6.45) is 0. The summed E-state index contributed by atoms with van der Waals surface area (Å²) in [6, 6.07) is 5.38. The summed E-state index contributed by atoms with van der Waals surface area (Å²) in [5, 5.41) is 6.82. The maximum atomic E-state index is 12.3. The van der Waals surface area contributed by atoms with E-state index < -0.39 is 10.0 Å². The normalized spacial score (nSPS) is 13.5. The van der Waals surface area contributed by atoms with Crippen LogP contribution in [0.2, 0.25) is 0 Å². The maximum Gasteiger partial charge on any atom is 0.241 e. The largest absolute Gasteiger partial charge is 0.312 e. The molecule has 4 nitrogen and oxygen atoms in total. The van der Waals surface area contributed by atoms with Crippen LogP contribution in [0.1, 0.15) is 29.6 Å². The molecule has 2 heterocycles. The number of rotatable bonds is 7. The van der Waals surface area contributed by atoms with Crippen LogP contribution < -0.4 is 10.0 Å². The maximum absolute atomic E-state index is 12.3. The van der Waals surface area contributed by atoms with Crippen molar-refractivity contribution in [3.63, 3.8) is 0 Å². The van der Waals surface area contributed by atoms with Gasteiger partial charge in [0.15, 0.2) is 0 Å². The quantitative estimate of drug-likeness (QED) is 0.820. The molecule has 7 heteroatoms. The summed E-state index contributed by atoms with van der Waals surface area (Å²) < 4.78 is 27.3. The zero-order valence-corrected chi connectivity index (χ0v) is 13.9. The van der Waals surface area contributed by atoms with E-state index in [4.69, 9.17) is 0 Å². The minimum Gasteiger partial charge on any atom is -0.312 e. The highest BCUT2D eigenvalue weighted by Gasteiger charge is 2.20. The van der Waals surface area contributed by atoms with Crippen LogP contribution in [0.5, 0.6) is 0 Å². The fourth-order valence-corrected chi connectivity index (χ4v) is 5.02. The summed E-state index contributed by atoms with van der Waals surface area (Å²) in [7, 11) is -3.45. The number of sulfonamides is 1. The Morgan fingerprint density at radius 2 is 2.15 bits per heavy atom. The number of nitrogens with one attached hydrogen (secondary N) is 2. The van der Waals surface area contributed by atoms with E-state index in [1.807, 2.05) is 31.4 Å². The first-order valence-electron chi connectivity index (χ1n) is 6.37. The van der Waals surface area contributed by atoms with E-state index in [0.29, 0.717) is 11.4 Å². The van der Waals surface area contributed by atoms with Gasteiger partial charge >= 0.3 is 0 Å². The highest BCUT2D eigenvalue weighted by Crippen LogP contribution is 2.23. The molecule has 0 saturated heterocycles. The van der Waals surface area contributed by atoms with Gasteiger partial charge in [0.1, 0.15) is 0 Å². The van der Waals surface area contributed by atoms with Gasteiger partial charge in [-0.3, -0.25) is 0 Å². The zero-order chi connectivity index (χ0) is 14.6. The number of thiophene rings is 2. The lowest BCUT2D eigenvalue weighted by molar-refractivity contribution is 0.569. The fourth-order valence-electron chi connectivity index (χ4n) is 1.74. The minimum absolute atomic E-state index is 0.211. The second-order valence-corrected chi connectivity index (χ2v) is 8.08. The summed E-state index contributed by atoms with van der Waals surface area (Å²) in [5.74, 6) is 0. The molecule has 2 aromatic rings. The molecular formula is C13H18N2O2S3. The molecule has 0 aliphatic rings. The highest BCUT2D eigenvalue weighted by atomic mass is 32.2. The van der Waals surface area contributed by atoms with Crippen molar-refractivity contribution >= 4 is 32.7 Å². The molecule has 0 saturated carbocycles. The Balaban J connectivity index is 2.08. The van der Waals surface area contributed by atoms with E-state index in [2.05, 4.69) is 10.0 Å². The molecule has 1 atom stereocenters. The first-order valence-corrected chi connectivity index (χ1v) is 9.61. The first-order chi connectivity index (χ1) is 9.53. The molecular weight excluding hydrogens is 312 g/mol. The van der Waals surface area contributed by atoms with Gasteiger partial charge in [0, 0.05) is 21.7 Å². The van der Waals surface area contributed by atoms with Crippen LogP contribution in [0.15, 0.2) is 33.9 Å². The van der Waals surface area contributed by atoms with Crippen LogP contribution in [0, 0.1) is 0 Å². The van der Waals surface area contributed by atoms with Gasteiger partial charge in [-0.2, -0.15) is 0 Å². The second-order valence-electron chi connectivity index (χ2n) is 4.39. The first kappa shape index (κ1) is 15.7. The molecule has 0 aliphatic heterocycles. The molecule has 0 aromatic carbocycles. The third kappa shape index (κ3) is 3.89. The molecule has 0 aliphatic carbocycles. The summed E-state index contributed by atoms with van der Waals surface area (Å²) >= 11 is 3.01. The molecule has 2 N–H and O–H groups in total. The molecule has 0 fully saturated rings. The lowest BCUT2D eigenvalue weighted by atomic mass is 10.3. The molecule has 0 spiro atoms. The Labute approximate surface area is 127 Å². The van der Waals surface area contributed by atoms with E-state index in [1.165, 1.54) is 11.3 Å². The smallest absolute Gasteiger partial charge is 0.241 e. The van der Waals surface area contributed by atoms with Crippen LogP contribution in [-0.2, 0) is 16.6 Å². The van der Waals surface area contributed by atoms with Crippen molar-refractivity contribution < 1.29 is 8.42 Å². The van der Waals surface area contributed by atoms with Gasteiger partial charge in [-0.25, -0.2) is 13.1 Å². The summed E-state index contributed by atoms with van der Waals surface area (Å²) in [6.45, 7) is 5.45. The van der Waals surface area contributed by atoms with E-state index in [9.17, 15) is 8.42 Å². The Hall–Kier alpha value is -0.730. The molecule has 110 valence electrons. The van der Waals surface area contributed by atoms with Crippen molar-refractivity contribution in [2.75, 3.05) is 6.54 Å². The lowest BCUT2D eigenvalue weighted by Crippen LogP contribution is -2.26. The van der Waals surface area contributed by atoms with E-state index in [0.717, 1.165) is 16.3 Å². The van der Waals surface area contributed by atoms with Gasteiger partial charge in [0.25, 0.3) is 0 Å². The van der Waals surface area contributed by atoms with Crippen LogP contribution in [0.3, 0.4) is 0 Å². The van der Waals surface area contributed by atoms with Crippen LogP contribution >= 0.6 is 22.7 Å². The van der Waals surface area contributed by atoms with Crippen molar-refractivity contribution in [3.05, 3.63) is 38.7 Å². The Kier molecular flexibility index (Phi) is 5.34. The fraction of sp³-hybridized carbons (Fsp3) is 0.385. The van der Waals surface area contributed by atoms with E-state index >= 15 is 0 Å². The SMILES string of the molecule is CCNCc1cc(S(=O)(=O)NC(C)c2cccs2)cs1. The highest BCUT2D eigenvalue weighted by molar-refractivity contribution is 7.89. The molecule has 1 unspecified atom stereocenters. The van der Waals surface area contributed by atoms with E-state index in [-0.39, 0.29) is 6.04 Å². The molecule has 0 amide bonds. The molecule has 2 rings (SSSR count). The summed E-state index contributed by atoms with van der Waals surface area (Å²) in [5.41, 5.74) is 0. The van der Waals surface area contributed by atoms with Gasteiger partial charge in [-0.15, -0.1) is 22.7 Å². The predicted molar refractivity (Wildman–Crippen MR) is 84.8 cm³/mol. The van der Waals surface area contributed by atoms with Crippen LogP contribution in [0.25, 0.3) is 0 Å². The van der Waals surface area contributed by atoms with Crippen molar-refractivity contribution in [2.45, 2.75) is 31.3 Å². The Bertz CT molecular complexity index is 632. The van der Waals surface area contributed by atoms with Gasteiger partial charge in [0.2, 0.25) is 10.0 Å². The lowest BCUT2D eigenvalue weighted by Gasteiger charge is -2.11. The van der Waals surface area contributed by atoms with Gasteiger partial charge in [-0.1, -0.05) is 13.0 Å². The van der Waals surface area contributed by atoms with Gasteiger partial charge in [0.05, 0.1) is 10.9 Å². The van der Waals surface area contributed by atoms with Gasteiger partial charge < -0.3 is 5.32 Å². The van der Waals surface area contributed by atoms with Gasteiger partial charge in [-0.05, 0) is 31.0 Å². The van der Waals surface area contributed by atoms with Crippen LogP contribution in [0.4, 0.5) is 0 Å². The Morgan fingerprint density at radius 3 is 2.80 bits per heavy atom. The Morgan fingerprint density at radius 1 is 1.35 bits per heavy atom. The van der Waals surface area contributed by atoms with Crippen molar-refractivity contribution in [1.82, 2.24) is 10.0 Å². The van der Waals surface area contributed by atoms with Crippen molar-refractivity contribution in [2.24, 2.45) is 0 Å². The second kappa shape index (κ2) is 6.82. The molecule has 2 aromatic heterocycles. The zero-order valence-electron chi connectivity index (χ0n) is 11.4. The standard InChI is InChI=1S/C13H18N2O2S3/c1-3-14-8-11-7-12(9-19-11)20(16,17)15-10(2)13-5-4-6-18-13/h4-7,9-10,14-15H,3,8H2,1-2H3. The number of hydrogen-bond acceptors (Lipinski definition) is 5. The van der Waals surface area contributed by atoms with Crippen molar-refractivity contribution in [1.29, 1.82) is 0 Å². The summed E-state index contributed by atoms with van der Waals surface area (Å²) in [4.78, 5) is 2.38. The average molecular weight is 330 g/mol. The third-order valence-corrected chi connectivity index (χ3v) is 6.45. The third-order valence-electron chi connectivity index (χ3n) is 2.79. The average Bonchev–Trinajstić information content (AvgIpc) is 3.07. The number of hydrogen-bond donors (Lipinski definition) is 2.